The number of amidine groups is 1. The molecular weight excluding hydrogens is 358 g/mol. The summed E-state index contributed by atoms with van der Waals surface area (Å²) in [6.45, 7) is 0.452. The van der Waals surface area contributed by atoms with E-state index in [1.807, 2.05) is 0 Å². The molecule has 0 saturated carbocycles. The van der Waals surface area contributed by atoms with Crippen molar-refractivity contribution in [2.45, 2.75) is 12.5 Å². The normalized spacial score (nSPS) is 16.4. The summed E-state index contributed by atoms with van der Waals surface area (Å²) in [4.78, 5) is 25.0. The van der Waals surface area contributed by atoms with E-state index in [1.54, 1.807) is 35.7 Å². The summed E-state index contributed by atoms with van der Waals surface area (Å²) < 4.78 is 11.0. The van der Waals surface area contributed by atoms with Crippen LogP contribution in [0.15, 0.2) is 35.7 Å². The van der Waals surface area contributed by atoms with Gasteiger partial charge in [-0.2, -0.15) is 0 Å². The van der Waals surface area contributed by atoms with Crippen molar-refractivity contribution >= 4 is 34.9 Å². The minimum atomic E-state index is -0.926. The highest BCUT2D eigenvalue weighted by molar-refractivity contribution is 7.10. The molecule has 1 fully saturated rings. The van der Waals surface area contributed by atoms with Gasteiger partial charge in [-0.25, -0.2) is 4.79 Å². The van der Waals surface area contributed by atoms with E-state index < -0.39 is 18.2 Å². The monoisotopic (exact) mass is 375 g/mol. The zero-order chi connectivity index (χ0) is 18.7. The predicted octanol–water partition coefficient (Wildman–Crippen LogP) is 2.06. The van der Waals surface area contributed by atoms with Gasteiger partial charge in [0.1, 0.15) is 18.2 Å². The van der Waals surface area contributed by atoms with Crippen LogP contribution < -0.4 is 15.4 Å². The standard InChI is InChI=1S/C17H17N3O5S/c18-16(19)10-1-3-11(4-2-10)20-8-12(25-17(20)23)9-24-13-5-6-26-14(13)7-15(21)22/h1-6,12H,7-9H2,(H3,18,19)(H,21,22). The van der Waals surface area contributed by atoms with Gasteiger partial charge in [-0.3, -0.25) is 15.1 Å². The molecule has 9 heteroatoms. The van der Waals surface area contributed by atoms with Crippen molar-refractivity contribution < 1.29 is 24.2 Å². The third kappa shape index (κ3) is 3.94. The molecule has 1 aromatic carbocycles. The Balaban J connectivity index is 1.60. The first kappa shape index (κ1) is 17.7. The Morgan fingerprint density at radius 3 is 2.77 bits per heavy atom. The number of thiophene rings is 1. The van der Waals surface area contributed by atoms with Gasteiger partial charge >= 0.3 is 12.1 Å². The van der Waals surface area contributed by atoms with Crippen LogP contribution in [0.25, 0.3) is 0 Å². The molecule has 2 heterocycles. The molecule has 1 unspecified atom stereocenters. The highest BCUT2D eigenvalue weighted by atomic mass is 32.1. The summed E-state index contributed by atoms with van der Waals surface area (Å²) in [6, 6.07) is 8.44. The van der Waals surface area contributed by atoms with E-state index in [0.29, 0.717) is 28.4 Å². The van der Waals surface area contributed by atoms with Crippen molar-refractivity contribution in [2.24, 2.45) is 5.73 Å². The number of cyclic esters (lactones) is 1. The second kappa shape index (κ2) is 7.44. The number of ether oxygens (including phenoxy) is 2. The number of anilines is 1. The number of hydrogen-bond donors (Lipinski definition) is 3. The van der Waals surface area contributed by atoms with Crippen LogP contribution in [0, 0.1) is 5.41 Å². The molecule has 4 N–H and O–H groups in total. The lowest BCUT2D eigenvalue weighted by Gasteiger charge is -2.13. The second-order valence-electron chi connectivity index (χ2n) is 5.67. The van der Waals surface area contributed by atoms with Gasteiger partial charge in [-0.05, 0) is 35.7 Å². The number of nitrogens with zero attached hydrogens (tertiary/aromatic N) is 1. The van der Waals surface area contributed by atoms with Crippen LogP contribution >= 0.6 is 11.3 Å². The fourth-order valence-corrected chi connectivity index (χ4v) is 3.35. The Morgan fingerprint density at radius 2 is 2.12 bits per heavy atom. The molecule has 3 rings (SSSR count). The number of nitrogens with one attached hydrogen (secondary N) is 1. The Hall–Kier alpha value is -3.07. The van der Waals surface area contributed by atoms with Gasteiger partial charge in [-0.1, -0.05) is 0 Å². The maximum atomic E-state index is 12.1. The van der Waals surface area contributed by atoms with Gasteiger partial charge in [0.25, 0.3) is 0 Å². The molecule has 2 aromatic rings. The molecule has 1 atom stereocenters. The molecule has 8 nitrogen and oxygen atoms in total. The zero-order valence-electron chi connectivity index (χ0n) is 13.7. The summed E-state index contributed by atoms with van der Waals surface area (Å²) in [5, 5.41) is 18.0. The van der Waals surface area contributed by atoms with Crippen LogP contribution in [-0.4, -0.2) is 42.3 Å². The van der Waals surface area contributed by atoms with Crippen LogP contribution in [0.2, 0.25) is 0 Å². The molecule has 1 aliphatic heterocycles. The Kier molecular flexibility index (Phi) is 5.08. The lowest BCUT2D eigenvalue weighted by Crippen LogP contribution is -2.26. The molecular formula is C17H17N3O5S. The van der Waals surface area contributed by atoms with Crippen molar-refractivity contribution in [1.29, 1.82) is 5.41 Å². The van der Waals surface area contributed by atoms with E-state index in [-0.39, 0.29) is 18.9 Å². The fourth-order valence-electron chi connectivity index (χ4n) is 2.55. The van der Waals surface area contributed by atoms with Gasteiger partial charge < -0.3 is 20.3 Å². The van der Waals surface area contributed by atoms with Crippen molar-refractivity contribution in [3.05, 3.63) is 46.2 Å². The number of benzene rings is 1. The third-order valence-corrected chi connectivity index (χ3v) is 4.71. The minimum absolute atomic E-state index is 0.0419. The second-order valence-corrected chi connectivity index (χ2v) is 6.67. The largest absolute Gasteiger partial charge is 0.488 e. The molecule has 1 saturated heterocycles. The van der Waals surface area contributed by atoms with E-state index in [1.165, 1.54) is 16.2 Å². The zero-order valence-corrected chi connectivity index (χ0v) is 14.5. The van der Waals surface area contributed by atoms with Crippen LogP contribution in [-0.2, 0) is 16.0 Å². The van der Waals surface area contributed by atoms with Gasteiger partial charge in [-0.15, -0.1) is 11.3 Å². The predicted molar refractivity (Wildman–Crippen MR) is 96.2 cm³/mol. The van der Waals surface area contributed by atoms with E-state index in [4.69, 9.17) is 25.7 Å². The number of amides is 1. The van der Waals surface area contributed by atoms with Gasteiger partial charge in [0.15, 0.2) is 6.10 Å². The van der Waals surface area contributed by atoms with E-state index in [9.17, 15) is 9.59 Å². The lowest BCUT2D eigenvalue weighted by atomic mass is 10.2. The molecule has 0 bridgehead atoms. The average Bonchev–Trinajstić information content (AvgIpc) is 3.18. The number of aliphatic carboxylic acids is 1. The number of nitrogen functional groups attached to an aromatic ring is 1. The molecule has 1 aliphatic rings. The van der Waals surface area contributed by atoms with Crippen molar-refractivity contribution in [1.82, 2.24) is 0 Å². The third-order valence-electron chi connectivity index (χ3n) is 3.81. The van der Waals surface area contributed by atoms with Gasteiger partial charge in [0, 0.05) is 11.3 Å². The van der Waals surface area contributed by atoms with E-state index >= 15 is 0 Å². The number of carboxylic acid groups (broad SMARTS) is 1. The number of carboxylic acids is 1. The number of carbonyl (C=O) groups excluding carboxylic acids is 1. The highest BCUT2D eigenvalue weighted by Gasteiger charge is 2.33. The summed E-state index contributed by atoms with van der Waals surface area (Å²) in [7, 11) is 0. The molecule has 1 aromatic heterocycles. The Morgan fingerprint density at radius 1 is 1.38 bits per heavy atom. The van der Waals surface area contributed by atoms with Crippen molar-refractivity contribution in [3.63, 3.8) is 0 Å². The first-order valence-electron chi connectivity index (χ1n) is 7.77. The quantitative estimate of drug-likeness (QED) is 0.502. The SMILES string of the molecule is N=C(N)c1ccc(N2CC(COc3ccsc3CC(=O)O)OC2=O)cc1. The topological polar surface area (TPSA) is 126 Å². The molecule has 1 amide bonds. The molecule has 136 valence electrons. The minimum Gasteiger partial charge on any atom is -0.488 e. The lowest BCUT2D eigenvalue weighted by molar-refractivity contribution is -0.136. The maximum absolute atomic E-state index is 12.1. The van der Waals surface area contributed by atoms with Crippen LogP contribution in [0.3, 0.4) is 0 Å². The fraction of sp³-hybridized carbons (Fsp3) is 0.235. The van der Waals surface area contributed by atoms with E-state index in [2.05, 4.69) is 0 Å². The summed E-state index contributed by atoms with van der Waals surface area (Å²) in [6.07, 6.45) is -1.05. The maximum Gasteiger partial charge on any atom is 0.414 e. The molecule has 26 heavy (non-hydrogen) atoms. The highest BCUT2D eigenvalue weighted by Crippen LogP contribution is 2.27. The average molecular weight is 375 g/mol. The number of hydrogen-bond acceptors (Lipinski definition) is 6. The van der Waals surface area contributed by atoms with Crippen molar-refractivity contribution in [3.8, 4) is 5.75 Å². The molecule has 0 aliphatic carbocycles. The first-order chi connectivity index (χ1) is 12.4. The van der Waals surface area contributed by atoms with Gasteiger partial charge in [0.05, 0.1) is 17.8 Å². The summed E-state index contributed by atoms with van der Waals surface area (Å²) in [5.74, 6) is -0.470. The molecule has 0 spiro atoms. The number of nitrogens with two attached hydrogens (primary N) is 1. The number of carbonyl (C=O) groups is 2. The Labute approximate surface area is 153 Å². The van der Waals surface area contributed by atoms with Crippen LogP contribution in [0.1, 0.15) is 10.4 Å². The first-order valence-corrected chi connectivity index (χ1v) is 8.65. The van der Waals surface area contributed by atoms with Gasteiger partial charge in [0.2, 0.25) is 0 Å². The molecule has 0 radical (unpaired) electrons. The van der Waals surface area contributed by atoms with E-state index in [0.717, 1.165) is 0 Å². The Bertz CT molecular complexity index is 833. The summed E-state index contributed by atoms with van der Waals surface area (Å²) >= 11 is 1.31. The van der Waals surface area contributed by atoms with Crippen LogP contribution in [0.5, 0.6) is 5.75 Å². The van der Waals surface area contributed by atoms with Crippen molar-refractivity contribution in [2.75, 3.05) is 18.1 Å². The smallest absolute Gasteiger partial charge is 0.414 e. The summed E-state index contributed by atoms with van der Waals surface area (Å²) in [5.41, 5.74) is 6.64. The van der Waals surface area contributed by atoms with Crippen LogP contribution in [0.4, 0.5) is 10.5 Å². The number of rotatable bonds is 7.